The molecule has 6 heteroatoms. The Hall–Kier alpha value is -2.04. The Morgan fingerprint density at radius 1 is 1.17 bits per heavy atom. The van der Waals surface area contributed by atoms with E-state index in [1.54, 1.807) is 12.1 Å². The molecule has 0 radical (unpaired) electrons. The number of aliphatic carboxylic acids is 1. The fourth-order valence-corrected chi connectivity index (χ4v) is 3.16. The molecule has 0 amide bonds. The van der Waals surface area contributed by atoms with Crippen LogP contribution < -0.4 is 0 Å². The predicted molar refractivity (Wildman–Crippen MR) is 96.0 cm³/mol. The molecule has 1 atom stereocenters. The fraction of sp³-hybridized carbons (Fsp3) is 0.222. The molecule has 0 aliphatic carbocycles. The molecule has 4 nitrogen and oxygen atoms in total. The van der Waals surface area contributed by atoms with Crippen molar-refractivity contribution < 1.29 is 9.90 Å². The van der Waals surface area contributed by atoms with E-state index < -0.39 is 5.97 Å². The van der Waals surface area contributed by atoms with Crippen LogP contribution in [0.5, 0.6) is 0 Å². The van der Waals surface area contributed by atoms with Crippen LogP contribution in [0.25, 0.3) is 11.0 Å². The van der Waals surface area contributed by atoms with E-state index in [9.17, 15) is 4.79 Å². The first kappa shape index (κ1) is 16.8. The zero-order valence-corrected chi connectivity index (χ0v) is 14.6. The summed E-state index contributed by atoms with van der Waals surface area (Å²) in [5.74, 6) is -0.0286. The SMILES string of the molecule is CC(CC(=O)O)n1c(Cc2ccc(Cl)cc2)nc2cc(Cl)ccc21. The lowest BCUT2D eigenvalue weighted by Crippen LogP contribution is -2.13. The molecule has 0 aliphatic rings. The van der Waals surface area contributed by atoms with E-state index in [0.29, 0.717) is 16.5 Å². The zero-order valence-electron chi connectivity index (χ0n) is 13.0. The molecular weight excluding hydrogens is 347 g/mol. The molecule has 0 fully saturated rings. The first-order valence-corrected chi connectivity index (χ1v) is 8.32. The Balaban J connectivity index is 2.07. The summed E-state index contributed by atoms with van der Waals surface area (Å²) in [5, 5.41) is 10.4. The number of nitrogens with zero attached hydrogens (tertiary/aromatic N) is 2. The van der Waals surface area contributed by atoms with Crippen LogP contribution in [0.1, 0.15) is 30.8 Å². The summed E-state index contributed by atoms with van der Waals surface area (Å²) >= 11 is 12.0. The molecule has 3 aromatic rings. The van der Waals surface area contributed by atoms with Crippen molar-refractivity contribution in [2.75, 3.05) is 0 Å². The molecule has 1 unspecified atom stereocenters. The molecule has 1 aromatic heterocycles. The Kier molecular flexibility index (Phi) is 4.78. The van der Waals surface area contributed by atoms with Crippen LogP contribution in [0.15, 0.2) is 42.5 Å². The molecule has 3 rings (SSSR count). The number of carbonyl (C=O) groups is 1. The average molecular weight is 363 g/mol. The molecular formula is C18H16Cl2N2O2. The smallest absolute Gasteiger partial charge is 0.305 e. The van der Waals surface area contributed by atoms with Crippen molar-refractivity contribution in [1.82, 2.24) is 9.55 Å². The maximum Gasteiger partial charge on any atom is 0.305 e. The van der Waals surface area contributed by atoms with Gasteiger partial charge in [-0.15, -0.1) is 0 Å². The monoisotopic (exact) mass is 362 g/mol. The van der Waals surface area contributed by atoms with Crippen molar-refractivity contribution in [2.45, 2.75) is 25.8 Å². The lowest BCUT2D eigenvalue weighted by Gasteiger charge is -2.16. The minimum absolute atomic E-state index is 0.0295. The van der Waals surface area contributed by atoms with Gasteiger partial charge in [-0.3, -0.25) is 4.79 Å². The van der Waals surface area contributed by atoms with Crippen molar-refractivity contribution in [3.05, 3.63) is 63.9 Å². The first-order chi connectivity index (χ1) is 11.4. The number of hydrogen-bond donors (Lipinski definition) is 1. The summed E-state index contributed by atoms with van der Waals surface area (Å²) in [7, 11) is 0. The lowest BCUT2D eigenvalue weighted by atomic mass is 10.1. The maximum absolute atomic E-state index is 11.1. The highest BCUT2D eigenvalue weighted by Gasteiger charge is 2.18. The molecule has 0 bridgehead atoms. The quantitative estimate of drug-likeness (QED) is 0.696. The number of hydrogen-bond acceptors (Lipinski definition) is 2. The predicted octanol–water partition coefficient (Wildman–Crippen LogP) is 4.97. The highest BCUT2D eigenvalue weighted by atomic mass is 35.5. The van der Waals surface area contributed by atoms with Gasteiger partial charge in [0.1, 0.15) is 5.82 Å². The van der Waals surface area contributed by atoms with E-state index in [1.165, 1.54) is 0 Å². The molecule has 2 aromatic carbocycles. The fourth-order valence-electron chi connectivity index (χ4n) is 2.87. The van der Waals surface area contributed by atoms with Crippen LogP contribution in [0.4, 0.5) is 0 Å². The van der Waals surface area contributed by atoms with E-state index in [2.05, 4.69) is 4.98 Å². The third-order valence-electron chi connectivity index (χ3n) is 3.91. The van der Waals surface area contributed by atoms with Gasteiger partial charge in [0.05, 0.1) is 17.5 Å². The normalized spacial score (nSPS) is 12.5. The number of benzene rings is 2. The number of carboxylic acids is 1. The number of halogens is 2. The van der Waals surface area contributed by atoms with Crippen LogP contribution in [0, 0.1) is 0 Å². The van der Waals surface area contributed by atoms with E-state index in [0.717, 1.165) is 22.4 Å². The molecule has 124 valence electrons. The maximum atomic E-state index is 11.1. The summed E-state index contributed by atoms with van der Waals surface area (Å²) in [4.78, 5) is 15.8. The van der Waals surface area contributed by atoms with Crippen LogP contribution in [0.2, 0.25) is 10.0 Å². The molecule has 0 spiro atoms. The van der Waals surface area contributed by atoms with Gasteiger partial charge < -0.3 is 9.67 Å². The number of rotatable bonds is 5. The minimum Gasteiger partial charge on any atom is -0.481 e. The number of imidazole rings is 1. The summed E-state index contributed by atoms with van der Waals surface area (Å²) in [6.45, 7) is 1.88. The van der Waals surface area contributed by atoms with Crippen LogP contribution in [-0.4, -0.2) is 20.6 Å². The summed E-state index contributed by atoms with van der Waals surface area (Å²) in [6, 6.07) is 12.8. The summed E-state index contributed by atoms with van der Waals surface area (Å²) in [5.41, 5.74) is 2.71. The van der Waals surface area contributed by atoms with Crippen molar-refractivity contribution in [1.29, 1.82) is 0 Å². The Bertz CT molecular complexity index is 888. The zero-order chi connectivity index (χ0) is 17.3. The second kappa shape index (κ2) is 6.83. The highest BCUT2D eigenvalue weighted by Crippen LogP contribution is 2.27. The standard InChI is InChI=1S/C18H16Cl2N2O2/c1-11(8-18(23)24)22-16-7-6-14(20)10-15(16)21-17(22)9-12-2-4-13(19)5-3-12/h2-7,10-11H,8-9H2,1H3,(H,23,24). The summed E-state index contributed by atoms with van der Waals surface area (Å²) in [6.07, 6.45) is 0.620. The Morgan fingerprint density at radius 2 is 1.83 bits per heavy atom. The largest absolute Gasteiger partial charge is 0.481 e. The number of fused-ring (bicyclic) bond motifs is 1. The van der Waals surface area contributed by atoms with Gasteiger partial charge in [-0.05, 0) is 42.8 Å². The van der Waals surface area contributed by atoms with Crippen LogP contribution in [0.3, 0.4) is 0 Å². The van der Waals surface area contributed by atoms with Gasteiger partial charge in [-0.1, -0.05) is 35.3 Å². The number of carboxylic acid groups (broad SMARTS) is 1. The van der Waals surface area contributed by atoms with Crippen molar-refractivity contribution in [3.63, 3.8) is 0 Å². The first-order valence-electron chi connectivity index (χ1n) is 7.56. The third kappa shape index (κ3) is 3.55. The van der Waals surface area contributed by atoms with E-state index in [1.807, 2.05) is 41.8 Å². The van der Waals surface area contributed by atoms with Crippen molar-refractivity contribution in [2.24, 2.45) is 0 Å². The van der Waals surface area contributed by atoms with Crippen LogP contribution >= 0.6 is 23.2 Å². The van der Waals surface area contributed by atoms with Crippen LogP contribution in [-0.2, 0) is 11.2 Å². The molecule has 1 N–H and O–H groups in total. The second-order valence-corrected chi connectivity index (χ2v) is 6.65. The van der Waals surface area contributed by atoms with Gasteiger partial charge >= 0.3 is 5.97 Å². The molecule has 0 saturated heterocycles. The van der Waals surface area contributed by atoms with Gasteiger partial charge in [0.2, 0.25) is 0 Å². The van der Waals surface area contributed by atoms with Gasteiger partial charge in [0, 0.05) is 22.5 Å². The lowest BCUT2D eigenvalue weighted by molar-refractivity contribution is -0.137. The van der Waals surface area contributed by atoms with Gasteiger partial charge in [0.25, 0.3) is 0 Å². The Morgan fingerprint density at radius 3 is 2.50 bits per heavy atom. The van der Waals surface area contributed by atoms with Gasteiger partial charge in [0.15, 0.2) is 0 Å². The molecule has 1 heterocycles. The summed E-state index contributed by atoms with van der Waals surface area (Å²) < 4.78 is 1.98. The van der Waals surface area contributed by atoms with E-state index in [4.69, 9.17) is 28.3 Å². The second-order valence-electron chi connectivity index (χ2n) is 5.78. The van der Waals surface area contributed by atoms with Gasteiger partial charge in [-0.25, -0.2) is 4.98 Å². The van der Waals surface area contributed by atoms with Crippen molar-refractivity contribution >= 4 is 40.2 Å². The third-order valence-corrected chi connectivity index (χ3v) is 4.40. The van der Waals surface area contributed by atoms with Crippen molar-refractivity contribution in [3.8, 4) is 0 Å². The van der Waals surface area contributed by atoms with Gasteiger partial charge in [-0.2, -0.15) is 0 Å². The molecule has 0 aliphatic heterocycles. The Labute approximate surface area is 149 Å². The molecule has 0 saturated carbocycles. The minimum atomic E-state index is -0.837. The highest BCUT2D eigenvalue weighted by molar-refractivity contribution is 6.31. The topological polar surface area (TPSA) is 55.1 Å². The molecule has 24 heavy (non-hydrogen) atoms. The van der Waals surface area contributed by atoms with E-state index >= 15 is 0 Å². The number of aromatic nitrogens is 2. The van der Waals surface area contributed by atoms with E-state index in [-0.39, 0.29) is 12.5 Å². The average Bonchev–Trinajstić information content (AvgIpc) is 2.85.